The highest BCUT2D eigenvalue weighted by molar-refractivity contribution is 7.15. The normalized spacial score (nSPS) is 15.3. The van der Waals surface area contributed by atoms with Crippen molar-refractivity contribution >= 4 is 46.4 Å². The van der Waals surface area contributed by atoms with E-state index in [0.29, 0.717) is 47.9 Å². The molecule has 2 aromatic carbocycles. The fourth-order valence-corrected chi connectivity index (χ4v) is 7.64. The van der Waals surface area contributed by atoms with Gasteiger partial charge in [-0.3, -0.25) is 19.1 Å². The lowest BCUT2D eigenvalue weighted by molar-refractivity contribution is -0.135. The molecule has 0 spiro atoms. The van der Waals surface area contributed by atoms with Crippen molar-refractivity contribution in [3.05, 3.63) is 97.4 Å². The van der Waals surface area contributed by atoms with Crippen molar-refractivity contribution in [2.24, 2.45) is 16.6 Å². The Balaban J connectivity index is 1.11. The molecule has 1 atom stereocenters. The van der Waals surface area contributed by atoms with Gasteiger partial charge in [-0.15, -0.1) is 21.5 Å². The monoisotopic (exact) mass is 721 g/mol. The molecule has 0 unspecified atom stereocenters. The van der Waals surface area contributed by atoms with Gasteiger partial charge in [0.05, 0.1) is 30.8 Å². The van der Waals surface area contributed by atoms with Crippen LogP contribution in [-0.2, 0) is 9.59 Å². The number of hydrogen-bond donors (Lipinski definition) is 3. The Labute approximate surface area is 304 Å². The van der Waals surface area contributed by atoms with Gasteiger partial charge in [0, 0.05) is 51.2 Å². The number of nitrogens with one attached hydrogen (secondary N) is 1. The molecule has 4 N–H and O–H groups in total. The molecule has 4 heterocycles. The minimum Gasteiger partial charge on any atom is -0.478 e. The molecular formula is C38H36ClN7O4S. The Morgan fingerprint density at radius 2 is 1.78 bits per heavy atom. The molecule has 2 aromatic heterocycles. The molecule has 1 fully saturated rings. The van der Waals surface area contributed by atoms with Crippen LogP contribution in [0, 0.1) is 50.4 Å². The second kappa shape index (κ2) is 15.3. The van der Waals surface area contributed by atoms with Gasteiger partial charge in [-0.25, -0.2) is 4.79 Å². The number of aromatic carboxylic acids is 1. The number of thiophene rings is 1. The van der Waals surface area contributed by atoms with Gasteiger partial charge in [-0.1, -0.05) is 47.4 Å². The van der Waals surface area contributed by atoms with Crippen molar-refractivity contribution in [3.63, 3.8) is 0 Å². The van der Waals surface area contributed by atoms with Crippen molar-refractivity contribution in [1.29, 1.82) is 0 Å². The number of aliphatic imine (C=N–C) groups is 1. The number of piperidine rings is 1. The van der Waals surface area contributed by atoms with E-state index in [2.05, 4.69) is 53.0 Å². The van der Waals surface area contributed by atoms with Gasteiger partial charge >= 0.3 is 5.97 Å². The predicted molar refractivity (Wildman–Crippen MR) is 196 cm³/mol. The molecule has 0 bridgehead atoms. The summed E-state index contributed by atoms with van der Waals surface area (Å²) >= 11 is 7.89. The zero-order valence-electron chi connectivity index (χ0n) is 28.4. The highest BCUT2D eigenvalue weighted by Gasteiger charge is 2.34. The summed E-state index contributed by atoms with van der Waals surface area (Å²) in [4.78, 5) is 46.4. The smallest absolute Gasteiger partial charge is 0.336 e. The van der Waals surface area contributed by atoms with Crippen LogP contribution in [0.3, 0.4) is 0 Å². The van der Waals surface area contributed by atoms with E-state index in [1.807, 2.05) is 35.8 Å². The molecule has 260 valence electrons. The number of amides is 2. The van der Waals surface area contributed by atoms with Gasteiger partial charge in [0.15, 0.2) is 5.82 Å². The summed E-state index contributed by atoms with van der Waals surface area (Å²) in [5.41, 5.74) is 10.2. The van der Waals surface area contributed by atoms with E-state index in [4.69, 9.17) is 22.3 Å². The first-order chi connectivity index (χ1) is 24.5. The highest BCUT2D eigenvalue weighted by atomic mass is 35.5. The molecule has 0 radical (unpaired) electrons. The molecule has 51 heavy (non-hydrogen) atoms. The third kappa shape index (κ3) is 7.59. The molecule has 4 aromatic rings. The highest BCUT2D eigenvalue weighted by Crippen LogP contribution is 2.40. The lowest BCUT2D eigenvalue weighted by atomic mass is 9.95. The van der Waals surface area contributed by atoms with Crippen LogP contribution in [0.15, 0.2) is 47.5 Å². The number of rotatable bonds is 6. The van der Waals surface area contributed by atoms with Crippen LogP contribution in [0.5, 0.6) is 0 Å². The standard InChI is InChI=1S/C38H36ClN7O4S/c1-22-23(2)51-37-33(22)34(26-9-11-29(39)12-10-26)42-31(35-44-43-24(3)46(35)37)21-32(47)45-18-14-27(15-19-45)36(48)41-17-5-6-25-8-13-30(38(49)50)28(20-25)7-4-16-40/h8-13,20,27,31H,14-19,21,40H2,1-3H3,(H,41,48)(H,49,50)/t31-/m0/s1. The van der Waals surface area contributed by atoms with Crippen LogP contribution in [0.25, 0.3) is 5.00 Å². The Hall–Kier alpha value is -5.27. The van der Waals surface area contributed by atoms with Gasteiger partial charge in [0.2, 0.25) is 11.8 Å². The van der Waals surface area contributed by atoms with Crippen LogP contribution >= 0.6 is 22.9 Å². The zero-order valence-corrected chi connectivity index (χ0v) is 30.0. The van der Waals surface area contributed by atoms with E-state index in [0.717, 1.165) is 33.2 Å². The quantitative estimate of drug-likeness (QED) is 0.246. The zero-order chi connectivity index (χ0) is 36.2. The summed E-state index contributed by atoms with van der Waals surface area (Å²) in [7, 11) is 0. The third-order valence-corrected chi connectivity index (χ3v) is 10.5. The van der Waals surface area contributed by atoms with Crippen LogP contribution < -0.4 is 11.1 Å². The molecule has 2 aliphatic rings. The molecular weight excluding hydrogens is 686 g/mol. The number of benzene rings is 2. The van der Waals surface area contributed by atoms with E-state index < -0.39 is 12.0 Å². The Morgan fingerprint density at radius 1 is 1.04 bits per heavy atom. The van der Waals surface area contributed by atoms with Crippen molar-refractivity contribution in [2.75, 3.05) is 26.2 Å². The summed E-state index contributed by atoms with van der Waals surface area (Å²) in [6.45, 7) is 7.22. The maximum Gasteiger partial charge on any atom is 0.336 e. The Bertz CT molecular complexity index is 2170. The number of carbonyl (C=O) groups is 3. The first-order valence-corrected chi connectivity index (χ1v) is 17.7. The van der Waals surface area contributed by atoms with Gasteiger partial charge in [-0.2, -0.15) is 0 Å². The minimum atomic E-state index is -1.08. The number of nitrogens with two attached hydrogens (primary N) is 1. The number of carboxylic acid groups (broad SMARTS) is 1. The van der Waals surface area contributed by atoms with Crippen molar-refractivity contribution in [2.45, 2.75) is 46.1 Å². The molecule has 6 rings (SSSR count). The molecule has 11 nitrogen and oxygen atoms in total. The predicted octanol–water partition coefficient (Wildman–Crippen LogP) is 4.60. The second-order valence-electron chi connectivity index (χ2n) is 12.4. The van der Waals surface area contributed by atoms with Crippen LogP contribution in [0.1, 0.15) is 80.0 Å². The summed E-state index contributed by atoms with van der Waals surface area (Å²) < 4.78 is 2.03. The first-order valence-electron chi connectivity index (χ1n) is 16.5. The number of halogens is 1. The number of nitrogens with zero attached hydrogens (tertiary/aromatic N) is 5. The SMILES string of the molecule is Cc1sc2c(c1C)C(c1ccc(Cl)cc1)=N[C@@H](CC(=O)N1CCC(C(=O)NCC#Cc3ccc(C(=O)O)c(C#CCN)c3)CC1)c1nnc(C)n1-2. The number of carboxylic acids is 1. The van der Waals surface area contributed by atoms with Gasteiger partial charge in [0.1, 0.15) is 16.9 Å². The van der Waals surface area contributed by atoms with Gasteiger partial charge in [0.25, 0.3) is 0 Å². The fourth-order valence-electron chi connectivity index (χ4n) is 6.30. The summed E-state index contributed by atoms with van der Waals surface area (Å²) in [6, 6.07) is 11.7. The first kappa shape index (κ1) is 35.6. The van der Waals surface area contributed by atoms with E-state index in [-0.39, 0.29) is 42.8 Å². The van der Waals surface area contributed by atoms with Crippen LogP contribution in [0.2, 0.25) is 5.02 Å². The van der Waals surface area contributed by atoms with E-state index >= 15 is 0 Å². The van der Waals surface area contributed by atoms with Gasteiger partial charge in [-0.05, 0) is 69.5 Å². The second-order valence-corrected chi connectivity index (χ2v) is 14.0. The molecule has 0 saturated carbocycles. The average molecular weight is 722 g/mol. The molecule has 1 saturated heterocycles. The molecule has 2 amide bonds. The summed E-state index contributed by atoms with van der Waals surface area (Å²) in [6.07, 6.45) is 1.17. The lowest BCUT2D eigenvalue weighted by Gasteiger charge is -2.31. The van der Waals surface area contributed by atoms with Crippen molar-refractivity contribution in [1.82, 2.24) is 25.0 Å². The van der Waals surface area contributed by atoms with E-state index in [1.54, 1.807) is 28.4 Å². The Morgan fingerprint density at radius 3 is 2.49 bits per heavy atom. The van der Waals surface area contributed by atoms with Crippen molar-refractivity contribution < 1.29 is 19.5 Å². The topological polar surface area (TPSA) is 156 Å². The van der Waals surface area contributed by atoms with Crippen LogP contribution in [0.4, 0.5) is 0 Å². The largest absolute Gasteiger partial charge is 0.478 e. The number of fused-ring (bicyclic) bond motifs is 3. The molecule has 0 aliphatic carbocycles. The third-order valence-electron chi connectivity index (χ3n) is 9.10. The maximum absolute atomic E-state index is 13.8. The van der Waals surface area contributed by atoms with E-state index in [9.17, 15) is 19.5 Å². The van der Waals surface area contributed by atoms with Crippen molar-refractivity contribution in [3.8, 4) is 28.7 Å². The average Bonchev–Trinajstić information content (AvgIpc) is 3.60. The fraction of sp³-hybridized carbons (Fsp3) is 0.316. The van der Waals surface area contributed by atoms with Crippen LogP contribution in [-0.4, -0.2) is 74.4 Å². The number of carbonyl (C=O) groups excluding carboxylic acids is 2. The number of aryl methyl sites for hydroxylation is 2. The van der Waals surface area contributed by atoms with E-state index in [1.165, 1.54) is 10.9 Å². The number of hydrogen-bond acceptors (Lipinski definition) is 8. The molecule has 13 heteroatoms. The Kier molecular flexibility index (Phi) is 10.7. The lowest BCUT2D eigenvalue weighted by Crippen LogP contribution is -2.43. The maximum atomic E-state index is 13.8. The molecule has 2 aliphatic heterocycles. The number of likely N-dealkylation sites (tertiary alicyclic amines) is 1. The number of aromatic nitrogens is 3. The van der Waals surface area contributed by atoms with Gasteiger partial charge < -0.3 is 21.1 Å². The summed E-state index contributed by atoms with van der Waals surface area (Å²) in [5.74, 6) is 11.2. The minimum absolute atomic E-state index is 0.0567. The summed E-state index contributed by atoms with van der Waals surface area (Å²) in [5, 5.41) is 22.8.